The molecule has 1 rings (SSSR count). The Balaban J connectivity index is 3.02. The molecule has 0 bridgehead atoms. The van der Waals surface area contributed by atoms with E-state index in [0.717, 1.165) is 5.56 Å². The largest absolute Gasteiger partial charge is 0.347 e. The van der Waals surface area contributed by atoms with Gasteiger partial charge in [-0.05, 0) is 38.0 Å². The highest BCUT2D eigenvalue weighted by Gasteiger charge is 2.16. The van der Waals surface area contributed by atoms with Gasteiger partial charge in [-0.25, -0.2) is 4.39 Å². The molecule has 1 amide bonds. The first-order valence-corrected chi connectivity index (χ1v) is 6.46. The van der Waals surface area contributed by atoms with Crippen molar-refractivity contribution in [3.05, 3.63) is 53.4 Å². The number of benzene rings is 1. The van der Waals surface area contributed by atoms with Crippen LogP contribution in [0, 0.1) is 0 Å². The molecular formula is C16H21FN2O. The van der Waals surface area contributed by atoms with Gasteiger partial charge in [0.25, 0.3) is 5.91 Å². The normalized spacial score (nSPS) is 12.8. The number of halogens is 1. The highest BCUT2D eigenvalue weighted by molar-refractivity contribution is 5.98. The molecule has 0 aliphatic heterocycles. The molecule has 0 unspecified atom stereocenters. The van der Waals surface area contributed by atoms with Crippen LogP contribution in [0.5, 0.6) is 0 Å². The SMILES string of the molecule is CC(C)(C)NC(=O)c1ccccc1/C=C\C(=C\F)CN. The van der Waals surface area contributed by atoms with Crippen LogP contribution < -0.4 is 11.1 Å². The van der Waals surface area contributed by atoms with E-state index in [0.29, 0.717) is 17.5 Å². The molecule has 3 nitrogen and oxygen atoms in total. The number of nitrogens with one attached hydrogen (secondary N) is 1. The fourth-order valence-corrected chi connectivity index (χ4v) is 1.60. The number of carbonyl (C=O) groups excluding carboxylic acids is 1. The number of amides is 1. The summed E-state index contributed by atoms with van der Waals surface area (Å²) in [6.45, 7) is 5.87. The molecule has 0 spiro atoms. The number of hydrogen-bond acceptors (Lipinski definition) is 2. The summed E-state index contributed by atoms with van der Waals surface area (Å²) in [6.07, 6.45) is 3.73. The zero-order chi connectivity index (χ0) is 15.2. The standard InChI is InChI=1S/C16H21FN2O/c1-16(2,3)19-15(20)14-7-5-4-6-13(14)9-8-12(10-17)11-18/h4-10H,11,18H2,1-3H3,(H,19,20)/b9-8-,12-10-. The van der Waals surface area contributed by atoms with E-state index < -0.39 is 0 Å². The number of carbonyl (C=O) groups is 1. The first kappa shape index (κ1) is 16.1. The molecule has 20 heavy (non-hydrogen) atoms. The lowest BCUT2D eigenvalue weighted by Crippen LogP contribution is -2.40. The topological polar surface area (TPSA) is 55.1 Å². The molecule has 1 aromatic carbocycles. The smallest absolute Gasteiger partial charge is 0.252 e. The maximum absolute atomic E-state index is 12.5. The van der Waals surface area contributed by atoms with Crippen molar-refractivity contribution in [2.45, 2.75) is 26.3 Å². The van der Waals surface area contributed by atoms with E-state index in [1.165, 1.54) is 0 Å². The van der Waals surface area contributed by atoms with Gasteiger partial charge in [0.15, 0.2) is 0 Å². The minimum absolute atomic E-state index is 0.114. The predicted octanol–water partition coefficient (Wildman–Crippen LogP) is 3.04. The Hall–Kier alpha value is -1.94. The van der Waals surface area contributed by atoms with Crippen molar-refractivity contribution in [3.8, 4) is 0 Å². The third-order valence-electron chi connectivity index (χ3n) is 2.55. The van der Waals surface area contributed by atoms with Crippen molar-refractivity contribution < 1.29 is 9.18 Å². The van der Waals surface area contributed by atoms with Gasteiger partial charge < -0.3 is 11.1 Å². The molecule has 0 radical (unpaired) electrons. The lowest BCUT2D eigenvalue weighted by Gasteiger charge is -2.21. The zero-order valence-corrected chi connectivity index (χ0v) is 12.1. The van der Waals surface area contributed by atoms with E-state index in [-0.39, 0.29) is 18.0 Å². The van der Waals surface area contributed by atoms with Gasteiger partial charge in [0, 0.05) is 17.6 Å². The molecule has 0 fully saturated rings. The summed E-state index contributed by atoms with van der Waals surface area (Å²) in [6, 6.07) is 7.17. The summed E-state index contributed by atoms with van der Waals surface area (Å²) >= 11 is 0. The Kier molecular flexibility index (Phi) is 5.65. The second-order valence-electron chi connectivity index (χ2n) is 5.51. The summed E-state index contributed by atoms with van der Waals surface area (Å²) in [4.78, 5) is 12.2. The number of nitrogens with two attached hydrogens (primary N) is 1. The van der Waals surface area contributed by atoms with Gasteiger partial charge in [0.1, 0.15) is 0 Å². The summed E-state index contributed by atoms with van der Waals surface area (Å²) in [5, 5.41) is 2.91. The van der Waals surface area contributed by atoms with Gasteiger partial charge >= 0.3 is 0 Å². The van der Waals surface area contributed by atoms with E-state index in [4.69, 9.17) is 5.73 Å². The Morgan fingerprint density at radius 1 is 1.35 bits per heavy atom. The van der Waals surface area contributed by atoms with E-state index in [1.54, 1.807) is 30.4 Å². The first-order valence-electron chi connectivity index (χ1n) is 6.46. The van der Waals surface area contributed by atoms with Crippen molar-refractivity contribution >= 4 is 12.0 Å². The van der Waals surface area contributed by atoms with Crippen molar-refractivity contribution in [1.82, 2.24) is 5.32 Å². The summed E-state index contributed by atoms with van der Waals surface area (Å²) < 4.78 is 12.5. The highest BCUT2D eigenvalue weighted by Crippen LogP contribution is 2.13. The Bertz CT molecular complexity index is 528. The number of hydrogen-bond donors (Lipinski definition) is 2. The van der Waals surface area contributed by atoms with E-state index in [1.807, 2.05) is 26.8 Å². The maximum atomic E-state index is 12.5. The highest BCUT2D eigenvalue weighted by atomic mass is 19.1. The maximum Gasteiger partial charge on any atom is 0.252 e. The molecule has 0 aliphatic rings. The molecule has 4 heteroatoms. The molecule has 0 aromatic heterocycles. The van der Waals surface area contributed by atoms with Gasteiger partial charge in [0.05, 0.1) is 6.33 Å². The molecule has 0 aliphatic carbocycles. The average Bonchev–Trinajstić information content (AvgIpc) is 2.38. The summed E-state index contributed by atoms with van der Waals surface area (Å²) in [5.74, 6) is -0.156. The predicted molar refractivity (Wildman–Crippen MR) is 80.9 cm³/mol. The van der Waals surface area contributed by atoms with Crippen LogP contribution in [-0.2, 0) is 0 Å². The summed E-state index contributed by atoms with van der Waals surface area (Å²) in [5.41, 5.74) is 6.72. The van der Waals surface area contributed by atoms with Crippen molar-refractivity contribution in [1.29, 1.82) is 0 Å². The molecule has 0 saturated carbocycles. The monoisotopic (exact) mass is 276 g/mol. The van der Waals surface area contributed by atoms with Gasteiger partial charge in [-0.2, -0.15) is 0 Å². The average molecular weight is 276 g/mol. The van der Waals surface area contributed by atoms with Crippen LogP contribution in [0.2, 0.25) is 0 Å². The van der Waals surface area contributed by atoms with Gasteiger partial charge in [-0.3, -0.25) is 4.79 Å². The van der Waals surface area contributed by atoms with E-state index >= 15 is 0 Å². The molecule has 108 valence electrons. The van der Waals surface area contributed by atoms with E-state index in [9.17, 15) is 9.18 Å². The quantitative estimate of drug-likeness (QED) is 0.830. The molecule has 1 aromatic rings. The van der Waals surface area contributed by atoms with Crippen molar-refractivity contribution in [3.63, 3.8) is 0 Å². The third-order valence-corrected chi connectivity index (χ3v) is 2.55. The van der Waals surface area contributed by atoms with Crippen LogP contribution in [-0.4, -0.2) is 18.0 Å². The summed E-state index contributed by atoms with van der Waals surface area (Å²) in [7, 11) is 0. The van der Waals surface area contributed by atoms with Crippen molar-refractivity contribution in [2.24, 2.45) is 5.73 Å². The third kappa shape index (κ3) is 4.97. The van der Waals surface area contributed by atoms with Crippen LogP contribution in [0.25, 0.3) is 6.08 Å². The minimum atomic E-state index is -0.310. The lowest BCUT2D eigenvalue weighted by molar-refractivity contribution is 0.0919. The fourth-order valence-electron chi connectivity index (χ4n) is 1.60. The zero-order valence-electron chi connectivity index (χ0n) is 12.1. The van der Waals surface area contributed by atoms with Crippen molar-refractivity contribution in [2.75, 3.05) is 6.54 Å². The molecule has 0 atom stereocenters. The van der Waals surface area contributed by atoms with Crippen LogP contribution in [0.4, 0.5) is 4.39 Å². The first-order chi connectivity index (χ1) is 9.37. The fraction of sp³-hybridized carbons (Fsp3) is 0.312. The Morgan fingerprint density at radius 3 is 2.55 bits per heavy atom. The minimum Gasteiger partial charge on any atom is -0.347 e. The molecule has 0 saturated heterocycles. The van der Waals surface area contributed by atoms with Crippen LogP contribution in [0.1, 0.15) is 36.7 Å². The Morgan fingerprint density at radius 2 is 2.00 bits per heavy atom. The van der Waals surface area contributed by atoms with Gasteiger partial charge in [0.2, 0.25) is 0 Å². The Labute approximate surface area is 119 Å². The van der Waals surface area contributed by atoms with Crippen LogP contribution in [0.15, 0.2) is 42.2 Å². The molecule has 0 heterocycles. The van der Waals surface area contributed by atoms with Crippen LogP contribution >= 0.6 is 0 Å². The van der Waals surface area contributed by atoms with Crippen LogP contribution in [0.3, 0.4) is 0 Å². The van der Waals surface area contributed by atoms with Gasteiger partial charge in [-0.1, -0.05) is 30.4 Å². The molecule has 3 N–H and O–H groups in total. The lowest BCUT2D eigenvalue weighted by atomic mass is 10.0. The number of rotatable bonds is 4. The van der Waals surface area contributed by atoms with E-state index in [2.05, 4.69) is 5.32 Å². The molecular weight excluding hydrogens is 255 g/mol. The second-order valence-corrected chi connectivity index (χ2v) is 5.51. The van der Waals surface area contributed by atoms with Gasteiger partial charge in [-0.15, -0.1) is 0 Å². The second kappa shape index (κ2) is 7.01.